The molecule has 0 unspecified atom stereocenters. The van der Waals surface area contributed by atoms with Crippen molar-refractivity contribution in [3.63, 3.8) is 0 Å². The minimum absolute atomic E-state index is 0.106. The van der Waals surface area contributed by atoms with E-state index in [-0.39, 0.29) is 12.5 Å². The molecule has 5 nitrogen and oxygen atoms in total. The Morgan fingerprint density at radius 3 is 2.73 bits per heavy atom. The van der Waals surface area contributed by atoms with Crippen LogP contribution in [0.5, 0.6) is 5.75 Å². The van der Waals surface area contributed by atoms with E-state index in [1.807, 2.05) is 32.0 Å². The van der Waals surface area contributed by atoms with E-state index in [0.29, 0.717) is 16.2 Å². The van der Waals surface area contributed by atoms with Crippen molar-refractivity contribution in [2.75, 3.05) is 6.61 Å². The summed E-state index contributed by atoms with van der Waals surface area (Å²) in [6, 6.07) is 7.40. The van der Waals surface area contributed by atoms with E-state index in [9.17, 15) is 4.79 Å². The predicted octanol–water partition coefficient (Wildman–Crippen LogP) is 3.95. The van der Waals surface area contributed by atoms with Crippen molar-refractivity contribution in [1.82, 2.24) is 5.43 Å². The lowest BCUT2D eigenvalue weighted by atomic mass is 10.1. The normalized spacial score (nSPS) is 10.9. The highest BCUT2D eigenvalue weighted by Crippen LogP contribution is 2.25. The van der Waals surface area contributed by atoms with Gasteiger partial charge >= 0.3 is 0 Å². The Labute approximate surface area is 145 Å². The minimum atomic E-state index is -0.348. The zero-order chi connectivity index (χ0) is 16.1. The van der Waals surface area contributed by atoms with Crippen LogP contribution in [-0.2, 0) is 4.79 Å². The van der Waals surface area contributed by atoms with E-state index >= 15 is 0 Å². The quantitative estimate of drug-likeness (QED) is 0.578. The largest absolute Gasteiger partial charge is 0.484 e. The second kappa shape index (κ2) is 7.60. The molecule has 0 atom stereocenters. The van der Waals surface area contributed by atoms with Crippen LogP contribution in [0.4, 0.5) is 0 Å². The molecule has 22 heavy (non-hydrogen) atoms. The summed E-state index contributed by atoms with van der Waals surface area (Å²) in [4.78, 5) is 11.6. The predicted molar refractivity (Wildman–Crippen MR) is 91.3 cm³/mol. The van der Waals surface area contributed by atoms with E-state index in [2.05, 4.69) is 42.4 Å². The molecule has 0 aliphatic heterocycles. The monoisotopic (exact) mass is 428 g/mol. The van der Waals surface area contributed by atoms with Gasteiger partial charge in [0.2, 0.25) is 0 Å². The molecule has 1 aromatic heterocycles. The molecule has 0 spiro atoms. The lowest BCUT2D eigenvalue weighted by Crippen LogP contribution is -2.24. The molecule has 2 aromatic rings. The Hall–Kier alpha value is -1.60. The molecule has 0 radical (unpaired) electrons. The number of hydrogen-bond donors (Lipinski definition) is 1. The smallest absolute Gasteiger partial charge is 0.277 e. The SMILES string of the molecule is Cc1ccc(OCC(=O)NN=Cc2cc(Br)c(Br)o2)cc1C. The third-order valence-electron chi connectivity index (χ3n) is 2.89. The Bertz CT molecular complexity index is 691. The lowest BCUT2D eigenvalue weighted by molar-refractivity contribution is -0.123. The van der Waals surface area contributed by atoms with Gasteiger partial charge in [0.25, 0.3) is 5.91 Å². The van der Waals surface area contributed by atoms with Crippen LogP contribution in [0.25, 0.3) is 0 Å². The van der Waals surface area contributed by atoms with Crippen molar-refractivity contribution in [3.05, 3.63) is 50.3 Å². The first-order valence-corrected chi connectivity index (χ1v) is 8.01. The van der Waals surface area contributed by atoms with Crippen molar-refractivity contribution < 1.29 is 13.9 Å². The Balaban J connectivity index is 1.81. The van der Waals surface area contributed by atoms with Gasteiger partial charge in [0, 0.05) is 6.07 Å². The van der Waals surface area contributed by atoms with Gasteiger partial charge in [-0.2, -0.15) is 5.10 Å². The Morgan fingerprint density at radius 2 is 2.09 bits per heavy atom. The standard InChI is InChI=1S/C15H14Br2N2O3/c1-9-3-4-11(5-10(9)2)21-8-14(20)19-18-7-12-6-13(16)15(17)22-12/h3-7H,8H2,1-2H3,(H,19,20). The van der Waals surface area contributed by atoms with Crippen molar-refractivity contribution in [3.8, 4) is 5.75 Å². The molecule has 2 rings (SSSR count). The van der Waals surface area contributed by atoms with Crippen molar-refractivity contribution in [1.29, 1.82) is 0 Å². The Kier molecular flexibility index (Phi) is 5.79. The van der Waals surface area contributed by atoms with Crippen LogP contribution in [0.3, 0.4) is 0 Å². The van der Waals surface area contributed by atoms with Gasteiger partial charge in [-0.3, -0.25) is 4.79 Å². The number of amides is 1. The number of nitrogens with zero attached hydrogens (tertiary/aromatic N) is 1. The van der Waals surface area contributed by atoms with Gasteiger partial charge in [-0.05, 0) is 69.0 Å². The number of ether oxygens (including phenoxy) is 1. The summed E-state index contributed by atoms with van der Waals surface area (Å²) in [6.07, 6.45) is 1.41. The molecule has 1 aromatic carbocycles. The van der Waals surface area contributed by atoms with Gasteiger partial charge < -0.3 is 9.15 Å². The summed E-state index contributed by atoms with van der Waals surface area (Å²) in [5, 5.41) is 3.80. The van der Waals surface area contributed by atoms with Crippen LogP contribution in [0, 0.1) is 13.8 Å². The summed E-state index contributed by atoms with van der Waals surface area (Å²) in [5.74, 6) is 0.814. The minimum Gasteiger partial charge on any atom is -0.484 e. The summed E-state index contributed by atoms with van der Waals surface area (Å²) in [6.45, 7) is 3.91. The van der Waals surface area contributed by atoms with Crippen LogP contribution in [0.15, 0.2) is 42.9 Å². The molecule has 1 N–H and O–H groups in total. The first-order valence-electron chi connectivity index (χ1n) is 6.42. The first kappa shape index (κ1) is 16.8. The second-order valence-corrected chi connectivity index (χ2v) is 6.17. The average Bonchev–Trinajstić information content (AvgIpc) is 2.79. The van der Waals surface area contributed by atoms with Gasteiger partial charge in [0.05, 0.1) is 10.7 Å². The second-order valence-electron chi connectivity index (χ2n) is 4.60. The summed E-state index contributed by atoms with van der Waals surface area (Å²) >= 11 is 6.50. The highest BCUT2D eigenvalue weighted by atomic mass is 79.9. The van der Waals surface area contributed by atoms with Gasteiger partial charge in [-0.25, -0.2) is 5.43 Å². The molecule has 0 aliphatic carbocycles. The number of furan rings is 1. The van der Waals surface area contributed by atoms with Crippen LogP contribution in [-0.4, -0.2) is 18.7 Å². The highest BCUT2D eigenvalue weighted by Gasteiger charge is 2.05. The zero-order valence-electron chi connectivity index (χ0n) is 12.0. The van der Waals surface area contributed by atoms with E-state index in [1.165, 1.54) is 11.8 Å². The van der Waals surface area contributed by atoms with Gasteiger partial charge in [0.15, 0.2) is 11.3 Å². The van der Waals surface area contributed by atoms with Crippen LogP contribution < -0.4 is 10.2 Å². The number of benzene rings is 1. The van der Waals surface area contributed by atoms with Gasteiger partial charge in [-0.1, -0.05) is 6.07 Å². The summed E-state index contributed by atoms with van der Waals surface area (Å²) < 4.78 is 12.0. The molecule has 7 heteroatoms. The van der Waals surface area contributed by atoms with E-state index in [4.69, 9.17) is 9.15 Å². The topological polar surface area (TPSA) is 63.8 Å². The number of carbonyl (C=O) groups excluding carboxylic acids is 1. The fourth-order valence-corrected chi connectivity index (χ4v) is 2.19. The number of rotatable bonds is 5. The van der Waals surface area contributed by atoms with Crippen molar-refractivity contribution in [2.24, 2.45) is 5.10 Å². The first-order chi connectivity index (χ1) is 10.5. The fourth-order valence-electron chi connectivity index (χ4n) is 1.58. The number of hydrogen-bond acceptors (Lipinski definition) is 4. The fraction of sp³-hybridized carbons (Fsp3) is 0.200. The number of nitrogens with one attached hydrogen (secondary N) is 1. The number of halogens is 2. The van der Waals surface area contributed by atoms with Crippen molar-refractivity contribution in [2.45, 2.75) is 13.8 Å². The molecular weight excluding hydrogens is 416 g/mol. The lowest BCUT2D eigenvalue weighted by Gasteiger charge is -2.07. The maximum absolute atomic E-state index is 11.6. The molecule has 1 amide bonds. The summed E-state index contributed by atoms with van der Waals surface area (Å²) in [7, 11) is 0. The number of aryl methyl sites for hydroxylation is 2. The van der Waals surface area contributed by atoms with E-state index < -0.39 is 0 Å². The average molecular weight is 430 g/mol. The van der Waals surface area contributed by atoms with Crippen LogP contribution >= 0.6 is 31.9 Å². The molecule has 0 fully saturated rings. The molecule has 0 saturated heterocycles. The number of hydrazone groups is 1. The van der Waals surface area contributed by atoms with E-state index in [0.717, 1.165) is 10.0 Å². The number of carbonyl (C=O) groups is 1. The Morgan fingerprint density at radius 1 is 1.32 bits per heavy atom. The van der Waals surface area contributed by atoms with Gasteiger partial charge in [-0.15, -0.1) is 0 Å². The molecule has 1 heterocycles. The van der Waals surface area contributed by atoms with Crippen LogP contribution in [0.1, 0.15) is 16.9 Å². The van der Waals surface area contributed by atoms with Gasteiger partial charge in [0.1, 0.15) is 11.5 Å². The third kappa shape index (κ3) is 4.71. The van der Waals surface area contributed by atoms with Crippen molar-refractivity contribution >= 4 is 44.0 Å². The maximum atomic E-state index is 11.6. The molecule has 0 bridgehead atoms. The molecule has 0 aliphatic rings. The molecule has 116 valence electrons. The van der Waals surface area contributed by atoms with Crippen LogP contribution in [0.2, 0.25) is 0 Å². The zero-order valence-corrected chi connectivity index (χ0v) is 15.2. The van der Waals surface area contributed by atoms with E-state index in [1.54, 1.807) is 6.07 Å². The molecule has 0 saturated carbocycles. The molecular formula is C15H14Br2N2O3. The third-order valence-corrected chi connectivity index (χ3v) is 4.60. The summed E-state index contributed by atoms with van der Waals surface area (Å²) in [5.41, 5.74) is 4.66. The highest BCUT2D eigenvalue weighted by molar-refractivity contribution is 9.13. The maximum Gasteiger partial charge on any atom is 0.277 e.